The molecule has 1 nitrogen and oxygen atoms in total. The number of benzene rings is 2. The molecule has 2 aliphatic carbocycles. The van der Waals surface area contributed by atoms with Gasteiger partial charge in [0.05, 0.1) is 17.4 Å². The second-order valence-electron chi connectivity index (χ2n) is 5.32. The van der Waals surface area contributed by atoms with Crippen molar-refractivity contribution in [3.05, 3.63) is 70.8 Å². The average molecular weight is 266 g/mol. The Morgan fingerprint density at radius 2 is 1.37 bits per heavy atom. The van der Waals surface area contributed by atoms with Gasteiger partial charge in [0.2, 0.25) is 0 Å². The number of nitrogens with zero attached hydrogens (tertiary/aromatic N) is 1. The van der Waals surface area contributed by atoms with Crippen LogP contribution in [0.1, 0.15) is 39.5 Å². The SMILES string of the molecule is N#C[C@H]1[C@H]2c3ccccc3[C@H]1[C@@H](Cl)c1ccccc12. The highest BCUT2D eigenvalue weighted by Crippen LogP contribution is 2.61. The molecule has 0 fully saturated rings. The Hall–Kier alpha value is -1.78. The third kappa shape index (κ3) is 1.30. The second kappa shape index (κ2) is 3.85. The molecule has 2 aromatic rings. The van der Waals surface area contributed by atoms with Gasteiger partial charge in [-0.1, -0.05) is 48.5 Å². The van der Waals surface area contributed by atoms with E-state index in [4.69, 9.17) is 11.6 Å². The van der Waals surface area contributed by atoms with Crippen molar-refractivity contribution in [2.75, 3.05) is 0 Å². The van der Waals surface area contributed by atoms with E-state index in [1.807, 2.05) is 18.2 Å². The fourth-order valence-corrected chi connectivity index (χ4v) is 4.28. The maximum Gasteiger partial charge on any atom is 0.0672 e. The molecule has 19 heavy (non-hydrogen) atoms. The quantitative estimate of drug-likeness (QED) is 0.650. The van der Waals surface area contributed by atoms with Gasteiger partial charge in [-0.3, -0.25) is 0 Å². The highest BCUT2D eigenvalue weighted by atomic mass is 35.5. The van der Waals surface area contributed by atoms with Crippen molar-refractivity contribution in [1.29, 1.82) is 5.26 Å². The first-order valence-corrected chi connectivity index (χ1v) is 6.98. The van der Waals surface area contributed by atoms with E-state index in [0.29, 0.717) is 0 Å². The highest BCUT2D eigenvalue weighted by molar-refractivity contribution is 6.21. The molecule has 2 heteroatoms. The maximum atomic E-state index is 9.58. The van der Waals surface area contributed by atoms with Crippen LogP contribution in [-0.4, -0.2) is 0 Å². The Labute approximate surface area is 117 Å². The fourth-order valence-electron chi connectivity index (χ4n) is 3.79. The van der Waals surface area contributed by atoms with Gasteiger partial charge in [-0.05, 0) is 22.3 Å². The van der Waals surface area contributed by atoms with Crippen LogP contribution in [0.4, 0.5) is 0 Å². The number of halogens is 1. The topological polar surface area (TPSA) is 23.8 Å². The molecule has 2 aromatic carbocycles. The number of rotatable bonds is 0. The first-order chi connectivity index (χ1) is 9.33. The van der Waals surface area contributed by atoms with Crippen LogP contribution in [-0.2, 0) is 0 Å². The lowest BCUT2D eigenvalue weighted by molar-refractivity contribution is 0.472. The Kier molecular flexibility index (Phi) is 2.25. The van der Waals surface area contributed by atoms with Gasteiger partial charge in [0.15, 0.2) is 0 Å². The normalized spacial score (nSPS) is 30.3. The lowest BCUT2D eigenvalue weighted by Gasteiger charge is -2.32. The van der Waals surface area contributed by atoms with Crippen molar-refractivity contribution < 1.29 is 0 Å². The minimum absolute atomic E-state index is 0.0326. The summed E-state index contributed by atoms with van der Waals surface area (Å²) in [6, 6.07) is 19.2. The molecular weight excluding hydrogens is 254 g/mol. The van der Waals surface area contributed by atoms with E-state index >= 15 is 0 Å². The standard InChI is InChI=1S/C17H12ClN/c18-17-13-8-4-3-7-12(13)15-10-5-1-2-6-11(10)16(17)14(15)9-19/h1-8,14-17H/t14-,15-,16+,17-/m0/s1. The van der Waals surface area contributed by atoms with Gasteiger partial charge >= 0.3 is 0 Å². The van der Waals surface area contributed by atoms with Crippen molar-refractivity contribution in [3.63, 3.8) is 0 Å². The Morgan fingerprint density at radius 1 is 0.842 bits per heavy atom. The van der Waals surface area contributed by atoms with Gasteiger partial charge in [0, 0.05) is 11.8 Å². The lowest BCUT2D eigenvalue weighted by atomic mass is 9.73. The van der Waals surface area contributed by atoms with Crippen LogP contribution in [0.5, 0.6) is 0 Å². The Balaban J connectivity index is 2.05. The molecule has 2 bridgehead atoms. The molecule has 4 atom stereocenters. The van der Waals surface area contributed by atoms with Crippen molar-refractivity contribution >= 4 is 11.6 Å². The van der Waals surface area contributed by atoms with Crippen molar-refractivity contribution in [1.82, 2.24) is 0 Å². The molecule has 0 unspecified atom stereocenters. The zero-order chi connectivity index (χ0) is 13.0. The molecule has 0 aliphatic heterocycles. The van der Waals surface area contributed by atoms with Crippen LogP contribution in [0.15, 0.2) is 48.5 Å². The molecule has 0 spiro atoms. The minimum Gasteiger partial charge on any atom is -0.198 e. The van der Waals surface area contributed by atoms with Crippen molar-refractivity contribution in [2.24, 2.45) is 5.92 Å². The average Bonchev–Trinajstić information content (AvgIpc) is 2.75. The van der Waals surface area contributed by atoms with E-state index in [9.17, 15) is 5.26 Å². The molecule has 0 N–H and O–H groups in total. The first-order valence-electron chi connectivity index (χ1n) is 6.54. The monoisotopic (exact) mass is 265 g/mol. The number of hydrogen-bond donors (Lipinski definition) is 0. The Morgan fingerprint density at radius 3 is 2.00 bits per heavy atom. The molecule has 0 radical (unpaired) electrons. The van der Waals surface area contributed by atoms with E-state index in [0.717, 1.165) is 0 Å². The van der Waals surface area contributed by atoms with Crippen molar-refractivity contribution in [3.8, 4) is 6.07 Å². The summed E-state index contributed by atoms with van der Waals surface area (Å²) < 4.78 is 0. The number of alkyl halides is 1. The molecule has 0 saturated heterocycles. The fraction of sp³-hybridized carbons (Fsp3) is 0.235. The molecule has 92 valence electrons. The highest BCUT2D eigenvalue weighted by Gasteiger charge is 2.49. The largest absolute Gasteiger partial charge is 0.198 e. The minimum atomic E-state index is -0.0965. The van der Waals surface area contributed by atoms with Gasteiger partial charge in [-0.15, -0.1) is 11.6 Å². The van der Waals surface area contributed by atoms with Crippen LogP contribution in [0.2, 0.25) is 0 Å². The van der Waals surface area contributed by atoms with E-state index in [2.05, 4.69) is 36.4 Å². The molecule has 0 amide bonds. The molecule has 0 heterocycles. The van der Waals surface area contributed by atoms with Gasteiger partial charge in [0.25, 0.3) is 0 Å². The van der Waals surface area contributed by atoms with Gasteiger partial charge < -0.3 is 0 Å². The second-order valence-corrected chi connectivity index (χ2v) is 5.79. The number of fused-ring (bicyclic) bond motifs is 7. The summed E-state index contributed by atoms with van der Waals surface area (Å²) in [6.45, 7) is 0. The van der Waals surface area contributed by atoms with Crippen LogP contribution in [0, 0.1) is 17.2 Å². The Bertz CT molecular complexity index is 700. The summed E-state index contributed by atoms with van der Waals surface area (Å²) in [5.41, 5.74) is 4.97. The van der Waals surface area contributed by atoms with Crippen LogP contribution in [0.25, 0.3) is 0 Å². The van der Waals surface area contributed by atoms with E-state index in [1.165, 1.54) is 22.3 Å². The third-order valence-corrected chi connectivity index (χ3v) is 5.04. The first kappa shape index (κ1) is 11.1. The third-order valence-electron chi connectivity index (χ3n) is 4.53. The zero-order valence-electron chi connectivity index (χ0n) is 10.3. The molecule has 4 rings (SSSR count). The molecule has 2 aliphatic rings. The van der Waals surface area contributed by atoms with Gasteiger partial charge in [-0.2, -0.15) is 5.26 Å². The summed E-state index contributed by atoms with van der Waals surface area (Å²) in [4.78, 5) is 0. The predicted molar refractivity (Wildman–Crippen MR) is 75.2 cm³/mol. The van der Waals surface area contributed by atoms with Gasteiger partial charge in [0.1, 0.15) is 0 Å². The van der Waals surface area contributed by atoms with Crippen LogP contribution >= 0.6 is 11.6 Å². The summed E-state index contributed by atoms with van der Waals surface area (Å²) in [5.74, 6) is 0.287. The molecule has 0 saturated carbocycles. The van der Waals surface area contributed by atoms with Crippen LogP contribution in [0.3, 0.4) is 0 Å². The molecular formula is C17H12ClN. The van der Waals surface area contributed by atoms with E-state index < -0.39 is 0 Å². The summed E-state index contributed by atoms with van der Waals surface area (Å²) in [5, 5.41) is 9.48. The lowest BCUT2D eigenvalue weighted by Crippen LogP contribution is -2.22. The van der Waals surface area contributed by atoms with Gasteiger partial charge in [-0.25, -0.2) is 0 Å². The summed E-state index contributed by atoms with van der Waals surface area (Å²) >= 11 is 6.69. The maximum absolute atomic E-state index is 9.58. The summed E-state index contributed by atoms with van der Waals surface area (Å²) in [7, 11) is 0. The smallest absolute Gasteiger partial charge is 0.0672 e. The van der Waals surface area contributed by atoms with Crippen LogP contribution < -0.4 is 0 Å². The zero-order valence-corrected chi connectivity index (χ0v) is 11.0. The van der Waals surface area contributed by atoms with E-state index in [1.54, 1.807) is 0 Å². The molecule has 0 aromatic heterocycles. The van der Waals surface area contributed by atoms with E-state index in [-0.39, 0.29) is 23.1 Å². The summed E-state index contributed by atoms with van der Waals surface area (Å²) in [6.07, 6.45) is 0. The van der Waals surface area contributed by atoms with Crippen molar-refractivity contribution in [2.45, 2.75) is 17.2 Å². The number of hydrogen-bond acceptors (Lipinski definition) is 1. The number of nitriles is 1. The predicted octanol–water partition coefficient (Wildman–Crippen LogP) is 4.35.